The van der Waals surface area contributed by atoms with Crippen LogP contribution >= 0.6 is 0 Å². The van der Waals surface area contributed by atoms with E-state index >= 15 is 0 Å². The van der Waals surface area contributed by atoms with Crippen LogP contribution in [0, 0.1) is 5.92 Å². The lowest BCUT2D eigenvalue weighted by Gasteiger charge is -2.13. The van der Waals surface area contributed by atoms with E-state index in [1.165, 1.54) is 5.56 Å². The highest BCUT2D eigenvalue weighted by molar-refractivity contribution is 6.07. The number of unbranched alkanes of at least 4 members (excludes halogenated alkanes) is 1. The van der Waals surface area contributed by atoms with Crippen LogP contribution in [0.5, 0.6) is 0 Å². The van der Waals surface area contributed by atoms with Crippen LogP contribution in [0.4, 0.5) is 5.82 Å². The first-order valence-corrected chi connectivity index (χ1v) is 10.2. The molecule has 2 aromatic carbocycles. The van der Waals surface area contributed by atoms with E-state index in [1.807, 2.05) is 6.07 Å². The summed E-state index contributed by atoms with van der Waals surface area (Å²) in [6, 6.07) is 16.9. The van der Waals surface area contributed by atoms with E-state index < -0.39 is 0 Å². The number of benzene rings is 2. The number of hydrogen-bond donors (Lipinski definition) is 1. The highest BCUT2D eigenvalue weighted by Gasteiger charge is 2.18. The smallest absolute Gasteiger partial charge is 0.152 e. The predicted octanol–water partition coefficient (Wildman–Crippen LogP) is 5.83. The number of fused-ring (bicyclic) bond motifs is 3. The number of nitrogens with two attached hydrogens (primary N) is 1. The standard InChI is InChI=1S/C24H28N4/c1-4-5-11-21-27-22-23(28(21)15-16(2)3)19-13-12-18(14-20(19)26-24(22)25)17-9-7-6-8-10-17/h6-10,12-14,16H,4-5,11,15H2,1-3H3,(H2,25,26). The molecular weight excluding hydrogens is 344 g/mol. The van der Waals surface area contributed by atoms with Crippen molar-refractivity contribution in [2.75, 3.05) is 5.73 Å². The topological polar surface area (TPSA) is 56.7 Å². The summed E-state index contributed by atoms with van der Waals surface area (Å²) in [5.74, 6) is 2.18. The van der Waals surface area contributed by atoms with Crippen molar-refractivity contribution < 1.29 is 0 Å². The van der Waals surface area contributed by atoms with Gasteiger partial charge in [-0.1, -0.05) is 69.7 Å². The van der Waals surface area contributed by atoms with Gasteiger partial charge in [0.05, 0.1) is 11.0 Å². The molecule has 144 valence electrons. The summed E-state index contributed by atoms with van der Waals surface area (Å²) in [5, 5.41) is 1.12. The Balaban J connectivity index is 1.95. The molecule has 0 unspecified atom stereocenters. The quantitative estimate of drug-likeness (QED) is 0.463. The summed E-state index contributed by atoms with van der Waals surface area (Å²) < 4.78 is 2.37. The average molecular weight is 373 g/mol. The molecule has 4 aromatic rings. The van der Waals surface area contributed by atoms with E-state index in [1.54, 1.807) is 0 Å². The Morgan fingerprint density at radius 3 is 2.50 bits per heavy atom. The number of hydrogen-bond acceptors (Lipinski definition) is 3. The molecule has 0 radical (unpaired) electrons. The number of aryl methyl sites for hydroxylation is 1. The predicted molar refractivity (Wildman–Crippen MR) is 118 cm³/mol. The number of imidazole rings is 1. The van der Waals surface area contributed by atoms with Crippen LogP contribution in [-0.2, 0) is 13.0 Å². The van der Waals surface area contributed by atoms with Gasteiger partial charge >= 0.3 is 0 Å². The minimum absolute atomic E-state index is 0.521. The van der Waals surface area contributed by atoms with E-state index in [0.717, 1.165) is 59.1 Å². The fourth-order valence-corrected chi connectivity index (χ4v) is 3.86. The van der Waals surface area contributed by atoms with Crippen LogP contribution in [0.25, 0.3) is 33.1 Å². The molecule has 0 aliphatic rings. The molecule has 0 aliphatic carbocycles. The maximum absolute atomic E-state index is 6.37. The average Bonchev–Trinajstić information content (AvgIpc) is 3.05. The van der Waals surface area contributed by atoms with Crippen molar-refractivity contribution in [1.29, 1.82) is 0 Å². The Morgan fingerprint density at radius 2 is 1.79 bits per heavy atom. The molecule has 0 saturated carbocycles. The molecule has 28 heavy (non-hydrogen) atoms. The molecule has 4 heteroatoms. The van der Waals surface area contributed by atoms with Crippen molar-refractivity contribution in [2.24, 2.45) is 5.92 Å². The van der Waals surface area contributed by atoms with Gasteiger partial charge in [-0.25, -0.2) is 9.97 Å². The lowest BCUT2D eigenvalue weighted by molar-refractivity contribution is 0.513. The van der Waals surface area contributed by atoms with Crippen molar-refractivity contribution in [3.05, 3.63) is 54.4 Å². The largest absolute Gasteiger partial charge is 0.382 e. The Bertz CT molecular complexity index is 1110. The molecule has 4 rings (SSSR count). The van der Waals surface area contributed by atoms with Crippen LogP contribution < -0.4 is 5.73 Å². The number of anilines is 1. The first-order chi connectivity index (χ1) is 13.6. The molecule has 0 saturated heterocycles. The maximum atomic E-state index is 6.37. The Kier molecular flexibility index (Phi) is 5.03. The highest BCUT2D eigenvalue weighted by atomic mass is 15.1. The second-order valence-corrected chi connectivity index (χ2v) is 7.93. The van der Waals surface area contributed by atoms with E-state index in [-0.39, 0.29) is 0 Å². The Labute approximate surface area is 166 Å². The first kappa shape index (κ1) is 18.5. The van der Waals surface area contributed by atoms with Crippen molar-refractivity contribution >= 4 is 27.8 Å². The zero-order chi connectivity index (χ0) is 19.7. The molecule has 0 fully saturated rings. The van der Waals surface area contributed by atoms with Gasteiger partial charge in [-0.2, -0.15) is 0 Å². The van der Waals surface area contributed by atoms with Crippen LogP contribution in [0.2, 0.25) is 0 Å². The Hall–Kier alpha value is -2.88. The van der Waals surface area contributed by atoms with E-state index in [9.17, 15) is 0 Å². The second-order valence-electron chi connectivity index (χ2n) is 7.93. The van der Waals surface area contributed by atoms with Gasteiger partial charge in [-0.15, -0.1) is 0 Å². The summed E-state index contributed by atoms with van der Waals surface area (Å²) in [4.78, 5) is 9.61. The van der Waals surface area contributed by atoms with Gasteiger partial charge < -0.3 is 10.3 Å². The monoisotopic (exact) mass is 372 g/mol. The third-order valence-corrected chi connectivity index (χ3v) is 5.19. The summed E-state index contributed by atoms with van der Waals surface area (Å²) >= 11 is 0. The summed E-state index contributed by atoms with van der Waals surface area (Å²) in [6.07, 6.45) is 3.26. The summed E-state index contributed by atoms with van der Waals surface area (Å²) in [7, 11) is 0. The van der Waals surface area contributed by atoms with Crippen LogP contribution in [0.1, 0.15) is 39.4 Å². The third-order valence-electron chi connectivity index (χ3n) is 5.19. The van der Waals surface area contributed by atoms with Crippen LogP contribution in [0.3, 0.4) is 0 Å². The van der Waals surface area contributed by atoms with Gasteiger partial charge in [0, 0.05) is 18.4 Å². The molecule has 0 bridgehead atoms. The molecule has 0 aliphatic heterocycles. The van der Waals surface area contributed by atoms with Gasteiger partial charge in [0.2, 0.25) is 0 Å². The van der Waals surface area contributed by atoms with Crippen molar-refractivity contribution in [1.82, 2.24) is 14.5 Å². The zero-order valence-corrected chi connectivity index (χ0v) is 16.9. The Morgan fingerprint density at radius 1 is 1.00 bits per heavy atom. The van der Waals surface area contributed by atoms with Crippen LogP contribution in [0.15, 0.2) is 48.5 Å². The molecular formula is C24H28N4. The van der Waals surface area contributed by atoms with E-state index in [2.05, 4.69) is 67.8 Å². The minimum Gasteiger partial charge on any atom is -0.382 e. The number of nitrogens with zero attached hydrogens (tertiary/aromatic N) is 3. The molecule has 4 nitrogen and oxygen atoms in total. The molecule has 0 spiro atoms. The van der Waals surface area contributed by atoms with Gasteiger partial charge in [-0.05, 0) is 29.5 Å². The lowest BCUT2D eigenvalue weighted by atomic mass is 10.0. The maximum Gasteiger partial charge on any atom is 0.152 e. The van der Waals surface area contributed by atoms with Gasteiger partial charge in [0.15, 0.2) is 5.82 Å². The van der Waals surface area contributed by atoms with Crippen molar-refractivity contribution in [2.45, 2.75) is 46.6 Å². The minimum atomic E-state index is 0.521. The second kappa shape index (κ2) is 7.63. The molecule has 0 amide bonds. The fraction of sp³-hybridized carbons (Fsp3) is 0.333. The molecule has 2 aromatic heterocycles. The van der Waals surface area contributed by atoms with E-state index in [0.29, 0.717) is 11.7 Å². The molecule has 0 atom stereocenters. The first-order valence-electron chi connectivity index (χ1n) is 10.2. The number of pyridine rings is 1. The lowest BCUT2D eigenvalue weighted by Crippen LogP contribution is -2.09. The van der Waals surface area contributed by atoms with Crippen molar-refractivity contribution in [3.63, 3.8) is 0 Å². The van der Waals surface area contributed by atoms with Crippen LogP contribution in [-0.4, -0.2) is 14.5 Å². The van der Waals surface area contributed by atoms with Gasteiger partial charge in [0.1, 0.15) is 11.3 Å². The zero-order valence-electron chi connectivity index (χ0n) is 16.9. The number of aromatic nitrogens is 3. The summed E-state index contributed by atoms with van der Waals surface area (Å²) in [5.41, 5.74) is 11.6. The molecule has 2 N–H and O–H groups in total. The fourth-order valence-electron chi connectivity index (χ4n) is 3.86. The van der Waals surface area contributed by atoms with E-state index in [4.69, 9.17) is 15.7 Å². The number of nitrogen functional groups attached to an aromatic ring is 1. The highest BCUT2D eigenvalue weighted by Crippen LogP contribution is 2.32. The third kappa shape index (κ3) is 3.35. The van der Waals surface area contributed by atoms with Crippen molar-refractivity contribution in [3.8, 4) is 11.1 Å². The molecule has 2 heterocycles. The summed E-state index contributed by atoms with van der Waals surface area (Å²) in [6.45, 7) is 7.64. The SMILES string of the molecule is CCCCc1nc2c(N)nc3cc(-c4ccccc4)ccc3c2n1CC(C)C. The number of rotatable bonds is 6. The normalized spacial score (nSPS) is 11.7. The van der Waals surface area contributed by atoms with Gasteiger partial charge in [0.25, 0.3) is 0 Å². The van der Waals surface area contributed by atoms with Gasteiger partial charge in [-0.3, -0.25) is 0 Å².